The molecule has 0 spiro atoms. The fourth-order valence-corrected chi connectivity index (χ4v) is 2.81. The number of methoxy groups -OCH3 is 1. The molecule has 0 unspecified atom stereocenters. The van der Waals surface area contributed by atoms with Crippen LogP contribution < -0.4 is 10.1 Å². The SMILES string of the molecule is COC(=O)c1cc(NC(=O)[C@@H](C)Oc2ccc3ccccc3c2)ccc1Cl. The van der Waals surface area contributed by atoms with Gasteiger partial charge in [-0.15, -0.1) is 0 Å². The van der Waals surface area contributed by atoms with Crippen LogP contribution in [0.3, 0.4) is 0 Å². The van der Waals surface area contributed by atoms with E-state index in [0.29, 0.717) is 11.4 Å². The fourth-order valence-electron chi connectivity index (χ4n) is 2.61. The van der Waals surface area contributed by atoms with Crippen molar-refractivity contribution in [2.45, 2.75) is 13.0 Å². The second kappa shape index (κ2) is 8.10. The Labute approximate surface area is 161 Å². The van der Waals surface area contributed by atoms with Crippen molar-refractivity contribution in [3.8, 4) is 5.75 Å². The molecular formula is C21H18ClNO4. The van der Waals surface area contributed by atoms with E-state index >= 15 is 0 Å². The van der Waals surface area contributed by atoms with Gasteiger partial charge in [0.15, 0.2) is 6.10 Å². The molecule has 0 bridgehead atoms. The Morgan fingerprint density at radius 1 is 1.00 bits per heavy atom. The van der Waals surface area contributed by atoms with Crippen LogP contribution in [-0.4, -0.2) is 25.1 Å². The maximum Gasteiger partial charge on any atom is 0.339 e. The summed E-state index contributed by atoms with van der Waals surface area (Å²) in [4.78, 5) is 24.1. The fraction of sp³-hybridized carbons (Fsp3) is 0.143. The summed E-state index contributed by atoms with van der Waals surface area (Å²) >= 11 is 5.99. The quantitative estimate of drug-likeness (QED) is 0.649. The van der Waals surface area contributed by atoms with Gasteiger partial charge < -0.3 is 14.8 Å². The van der Waals surface area contributed by atoms with E-state index in [1.54, 1.807) is 13.0 Å². The molecule has 27 heavy (non-hydrogen) atoms. The molecule has 1 atom stereocenters. The van der Waals surface area contributed by atoms with E-state index in [1.807, 2.05) is 42.5 Å². The first kappa shape index (κ1) is 18.7. The van der Waals surface area contributed by atoms with Crippen molar-refractivity contribution >= 4 is 39.9 Å². The Morgan fingerprint density at radius 2 is 1.74 bits per heavy atom. The number of hydrogen-bond donors (Lipinski definition) is 1. The molecule has 0 fully saturated rings. The highest BCUT2D eigenvalue weighted by Gasteiger charge is 2.17. The average Bonchev–Trinajstić information content (AvgIpc) is 2.68. The van der Waals surface area contributed by atoms with Crippen molar-refractivity contribution in [3.05, 3.63) is 71.2 Å². The van der Waals surface area contributed by atoms with Gasteiger partial charge in [-0.25, -0.2) is 4.79 Å². The molecule has 0 saturated carbocycles. The third kappa shape index (κ3) is 4.38. The predicted octanol–water partition coefficient (Wildman–Crippen LogP) is 4.69. The molecule has 5 nitrogen and oxygen atoms in total. The Balaban J connectivity index is 1.71. The third-order valence-electron chi connectivity index (χ3n) is 4.04. The lowest BCUT2D eigenvalue weighted by molar-refractivity contribution is -0.122. The Hall–Kier alpha value is -3.05. The highest BCUT2D eigenvalue weighted by atomic mass is 35.5. The number of rotatable bonds is 5. The van der Waals surface area contributed by atoms with Crippen LogP contribution in [-0.2, 0) is 9.53 Å². The van der Waals surface area contributed by atoms with E-state index in [0.717, 1.165) is 10.8 Å². The predicted molar refractivity (Wildman–Crippen MR) is 105 cm³/mol. The number of esters is 1. The van der Waals surface area contributed by atoms with Gasteiger partial charge in [-0.1, -0.05) is 41.9 Å². The van der Waals surface area contributed by atoms with E-state index in [-0.39, 0.29) is 16.5 Å². The number of halogens is 1. The van der Waals surface area contributed by atoms with E-state index in [9.17, 15) is 9.59 Å². The van der Waals surface area contributed by atoms with Crippen LogP contribution in [0.25, 0.3) is 10.8 Å². The molecule has 0 heterocycles. The summed E-state index contributed by atoms with van der Waals surface area (Å²) in [5.41, 5.74) is 0.610. The van der Waals surface area contributed by atoms with Gasteiger partial charge >= 0.3 is 5.97 Å². The topological polar surface area (TPSA) is 64.6 Å². The molecule has 0 aliphatic rings. The summed E-state index contributed by atoms with van der Waals surface area (Å²) in [6.07, 6.45) is -0.733. The number of benzene rings is 3. The van der Waals surface area contributed by atoms with Gasteiger partial charge in [0.25, 0.3) is 5.91 Å². The van der Waals surface area contributed by atoms with Crippen LogP contribution in [0.2, 0.25) is 5.02 Å². The highest BCUT2D eigenvalue weighted by Crippen LogP contribution is 2.23. The highest BCUT2D eigenvalue weighted by molar-refractivity contribution is 6.33. The third-order valence-corrected chi connectivity index (χ3v) is 4.37. The van der Waals surface area contributed by atoms with Crippen LogP contribution in [0, 0.1) is 0 Å². The minimum absolute atomic E-state index is 0.181. The number of nitrogens with one attached hydrogen (secondary N) is 1. The smallest absolute Gasteiger partial charge is 0.339 e. The molecule has 138 valence electrons. The second-order valence-electron chi connectivity index (χ2n) is 5.94. The summed E-state index contributed by atoms with van der Waals surface area (Å²) in [6, 6.07) is 18.2. The molecule has 0 radical (unpaired) electrons. The van der Waals surface area contributed by atoms with E-state index in [2.05, 4.69) is 10.1 Å². The molecule has 3 rings (SSSR count). The normalized spacial score (nSPS) is 11.7. The largest absolute Gasteiger partial charge is 0.481 e. The first-order valence-electron chi connectivity index (χ1n) is 8.32. The van der Waals surface area contributed by atoms with E-state index in [1.165, 1.54) is 19.2 Å². The minimum Gasteiger partial charge on any atom is -0.481 e. The summed E-state index contributed by atoms with van der Waals surface area (Å²) in [5, 5.41) is 5.09. The van der Waals surface area contributed by atoms with E-state index in [4.69, 9.17) is 16.3 Å². The number of amides is 1. The minimum atomic E-state index is -0.733. The van der Waals surface area contributed by atoms with Gasteiger partial charge in [0.05, 0.1) is 17.7 Å². The second-order valence-corrected chi connectivity index (χ2v) is 6.35. The number of hydrogen-bond acceptors (Lipinski definition) is 4. The monoisotopic (exact) mass is 383 g/mol. The van der Waals surface area contributed by atoms with Crippen molar-refractivity contribution in [2.24, 2.45) is 0 Å². The number of carbonyl (C=O) groups excluding carboxylic acids is 2. The molecule has 3 aromatic rings. The van der Waals surface area contributed by atoms with Crippen LogP contribution in [0.15, 0.2) is 60.7 Å². The summed E-state index contributed by atoms with van der Waals surface area (Å²) < 4.78 is 10.4. The number of fused-ring (bicyclic) bond motifs is 1. The molecule has 1 amide bonds. The molecule has 0 aromatic heterocycles. The zero-order valence-corrected chi connectivity index (χ0v) is 15.6. The Bertz CT molecular complexity index is 1000. The zero-order chi connectivity index (χ0) is 19.4. The molecule has 1 N–H and O–H groups in total. The van der Waals surface area contributed by atoms with Crippen LogP contribution in [0.5, 0.6) is 5.75 Å². The first-order chi connectivity index (χ1) is 13.0. The molecule has 0 aliphatic heterocycles. The number of ether oxygens (including phenoxy) is 2. The van der Waals surface area contributed by atoms with Crippen molar-refractivity contribution in [1.29, 1.82) is 0 Å². The molecule has 6 heteroatoms. The van der Waals surface area contributed by atoms with Crippen molar-refractivity contribution < 1.29 is 19.1 Å². The lowest BCUT2D eigenvalue weighted by Gasteiger charge is -2.15. The Morgan fingerprint density at radius 3 is 2.48 bits per heavy atom. The summed E-state index contributed by atoms with van der Waals surface area (Å²) in [7, 11) is 1.27. The van der Waals surface area contributed by atoms with Gasteiger partial charge in [0, 0.05) is 5.69 Å². The first-order valence-corrected chi connectivity index (χ1v) is 8.70. The van der Waals surface area contributed by atoms with Crippen LogP contribution in [0.4, 0.5) is 5.69 Å². The van der Waals surface area contributed by atoms with Crippen molar-refractivity contribution in [2.75, 3.05) is 12.4 Å². The molecule has 0 aliphatic carbocycles. The van der Waals surface area contributed by atoms with E-state index < -0.39 is 12.1 Å². The molecule has 3 aromatic carbocycles. The average molecular weight is 384 g/mol. The molecular weight excluding hydrogens is 366 g/mol. The van der Waals surface area contributed by atoms with Gasteiger partial charge in [-0.05, 0) is 48.0 Å². The Kier molecular flexibility index (Phi) is 5.62. The van der Waals surface area contributed by atoms with Crippen LogP contribution >= 0.6 is 11.6 Å². The van der Waals surface area contributed by atoms with Gasteiger partial charge in [0.1, 0.15) is 5.75 Å². The van der Waals surface area contributed by atoms with Crippen molar-refractivity contribution in [1.82, 2.24) is 0 Å². The number of carbonyl (C=O) groups is 2. The van der Waals surface area contributed by atoms with Gasteiger partial charge in [0.2, 0.25) is 0 Å². The number of anilines is 1. The van der Waals surface area contributed by atoms with Crippen LogP contribution in [0.1, 0.15) is 17.3 Å². The maximum absolute atomic E-state index is 12.4. The standard InChI is InChI=1S/C21H18ClNO4/c1-13(27-17-9-7-14-5-3-4-6-15(14)11-17)20(24)23-16-8-10-19(22)18(12-16)21(25)26-2/h3-13H,1-2H3,(H,23,24)/t13-/m1/s1. The van der Waals surface area contributed by atoms with Gasteiger partial charge in [-0.2, -0.15) is 0 Å². The lowest BCUT2D eigenvalue weighted by atomic mass is 10.1. The maximum atomic E-state index is 12.4. The molecule has 0 saturated heterocycles. The van der Waals surface area contributed by atoms with Gasteiger partial charge in [-0.3, -0.25) is 4.79 Å². The lowest BCUT2D eigenvalue weighted by Crippen LogP contribution is -2.30. The summed E-state index contributed by atoms with van der Waals surface area (Å²) in [5.74, 6) is -0.319. The zero-order valence-electron chi connectivity index (χ0n) is 14.9. The summed E-state index contributed by atoms with van der Waals surface area (Å²) in [6.45, 7) is 1.65. The van der Waals surface area contributed by atoms with Crippen molar-refractivity contribution in [3.63, 3.8) is 0 Å².